The second-order valence-electron chi connectivity index (χ2n) is 6.04. The zero-order valence-electron chi connectivity index (χ0n) is 14.2. The van der Waals surface area contributed by atoms with Gasteiger partial charge >= 0.3 is 5.97 Å². The third-order valence-corrected chi connectivity index (χ3v) is 4.14. The number of hydrogen-bond acceptors (Lipinski definition) is 3. The molecule has 0 aromatic heterocycles. The number of nitrogens with one attached hydrogen (secondary N) is 1. The van der Waals surface area contributed by atoms with Gasteiger partial charge in [-0.3, -0.25) is 9.59 Å². The molecule has 1 unspecified atom stereocenters. The first-order valence-electron chi connectivity index (χ1n) is 8.00. The lowest BCUT2D eigenvalue weighted by Crippen LogP contribution is -2.35. The van der Waals surface area contributed by atoms with Gasteiger partial charge in [-0.25, -0.2) is 0 Å². The van der Waals surface area contributed by atoms with Crippen molar-refractivity contribution in [2.75, 3.05) is 7.11 Å². The van der Waals surface area contributed by atoms with Gasteiger partial charge in [0, 0.05) is 12.5 Å². The molecule has 0 aliphatic heterocycles. The number of aliphatic carboxylic acids is 1. The first-order chi connectivity index (χ1) is 11.4. The second kappa shape index (κ2) is 7.81. The van der Waals surface area contributed by atoms with E-state index >= 15 is 0 Å². The standard InChI is InChI=1S/C19H23NO4/c1-12(4-9-18(21)22)20-19(23)13(2)14-5-6-16-11-17(24-3)8-7-15(16)10-14/h5-8,10-13H,4,9H2,1-3H3,(H,20,23)(H,21,22)/t12?,13-/m0/s1. The summed E-state index contributed by atoms with van der Waals surface area (Å²) in [6.07, 6.45) is 0.471. The fraction of sp³-hybridized carbons (Fsp3) is 0.368. The first kappa shape index (κ1) is 17.8. The number of carbonyl (C=O) groups is 2. The predicted octanol–water partition coefficient (Wildman–Crippen LogP) is 3.32. The topological polar surface area (TPSA) is 75.6 Å². The molecular formula is C19H23NO4. The van der Waals surface area contributed by atoms with Gasteiger partial charge < -0.3 is 15.2 Å². The maximum atomic E-state index is 12.4. The molecule has 5 nitrogen and oxygen atoms in total. The molecule has 24 heavy (non-hydrogen) atoms. The van der Waals surface area contributed by atoms with Crippen molar-refractivity contribution in [2.24, 2.45) is 0 Å². The Morgan fingerprint density at radius 3 is 2.46 bits per heavy atom. The molecule has 2 rings (SSSR count). The van der Waals surface area contributed by atoms with Crippen molar-refractivity contribution < 1.29 is 19.4 Å². The quantitative estimate of drug-likeness (QED) is 0.817. The minimum atomic E-state index is -0.853. The van der Waals surface area contributed by atoms with Crippen molar-refractivity contribution in [1.29, 1.82) is 0 Å². The van der Waals surface area contributed by atoms with Crippen LogP contribution in [0.1, 0.15) is 38.2 Å². The lowest BCUT2D eigenvalue weighted by molar-refractivity contribution is -0.137. The van der Waals surface area contributed by atoms with Crippen LogP contribution in [0, 0.1) is 0 Å². The number of carboxylic acid groups (broad SMARTS) is 1. The van der Waals surface area contributed by atoms with Crippen LogP contribution in [0.2, 0.25) is 0 Å². The van der Waals surface area contributed by atoms with E-state index in [1.54, 1.807) is 7.11 Å². The fourth-order valence-electron chi connectivity index (χ4n) is 2.57. The summed E-state index contributed by atoms with van der Waals surface area (Å²) in [6, 6.07) is 11.6. The normalized spacial score (nSPS) is 13.3. The summed E-state index contributed by atoms with van der Waals surface area (Å²) >= 11 is 0. The summed E-state index contributed by atoms with van der Waals surface area (Å²) in [6.45, 7) is 3.67. The maximum absolute atomic E-state index is 12.4. The van der Waals surface area contributed by atoms with Crippen molar-refractivity contribution in [3.05, 3.63) is 42.0 Å². The Labute approximate surface area is 141 Å². The molecule has 0 aliphatic carbocycles. The molecule has 0 saturated heterocycles. The van der Waals surface area contributed by atoms with Crippen LogP contribution in [0.5, 0.6) is 5.75 Å². The molecule has 2 atom stereocenters. The summed E-state index contributed by atoms with van der Waals surface area (Å²) in [5.74, 6) is -0.452. The Morgan fingerprint density at radius 1 is 1.12 bits per heavy atom. The molecule has 0 saturated carbocycles. The van der Waals surface area contributed by atoms with Crippen LogP contribution in [0.3, 0.4) is 0 Å². The van der Waals surface area contributed by atoms with Gasteiger partial charge in [-0.05, 0) is 48.7 Å². The Balaban J connectivity index is 2.08. The Bertz CT molecular complexity index is 741. The largest absolute Gasteiger partial charge is 0.497 e. The minimum absolute atomic E-state index is 0.0492. The van der Waals surface area contributed by atoms with Gasteiger partial charge in [-0.1, -0.05) is 24.3 Å². The smallest absolute Gasteiger partial charge is 0.303 e. The summed E-state index contributed by atoms with van der Waals surface area (Å²) in [5.41, 5.74) is 0.926. The highest BCUT2D eigenvalue weighted by atomic mass is 16.5. The highest BCUT2D eigenvalue weighted by molar-refractivity contribution is 5.88. The van der Waals surface area contributed by atoms with Crippen LogP contribution in [-0.2, 0) is 9.59 Å². The molecular weight excluding hydrogens is 306 g/mol. The van der Waals surface area contributed by atoms with Crippen LogP contribution < -0.4 is 10.1 Å². The van der Waals surface area contributed by atoms with Crippen LogP contribution in [0.15, 0.2) is 36.4 Å². The minimum Gasteiger partial charge on any atom is -0.497 e. The van der Waals surface area contributed by atoms with E-state index in [1.165, 1.54) is 0 Å². The number of ether oxygens (including phenoxy) is 1. The highest BCUT2D eigenvalue weighted by Gasteiger charge is 2.18. The van der Waals surface area contributed by atoms with Crippen LogP contribution in [-0.4, -0.2) is 30.1 Å². The van der Waals surface area contributed by atoms with E-state index < -0.39 is 5.97 Å². The average Bonchev–Trinajstić information content (AvgIpc) is 2.58. The number of methoxy groups -OCH3 is 1. The van der Waals surface area contributed by atoms with Gasteiger partial charge in [0.1, 0.15) is 5.75 Å². The van der Waals surface area contributed by atoms with E-state index in [0.29, 0.717) is 6.42 Å². The molecule has 0 heterocycles. The van der Waals surface area contributed by atoms with E-state index in [4.69, 9.17) is 9.84 Å². The van der Waals surface area contributed by atoms with Gasteiger partial charge in [-0.15, -0.1) is 0 Å². The monoisotopic (exact) mass is 329 g/mol. The summed E-state index contributed by atoms with van der Waals surface area (Å²) < 4.78 is 5.22. The molecule has 2 aromatic carbocycles. The SMILES string of the molecule is COc1ccc2cc([C@H](C)C(=O)NC(C)CCC(=O)O)ccc2c1. The zero-order valence-corrected chi connectivity index (χ0v) is 14.2. The predicted molar refractivity (Wildman–Crippen MR) is 93.4 cm³/mol. The van der Waals surface area contributed by atoms with Crippen molar-refractivity contribution >= 4 is 22.6 Å². The second-order valence-corrected chi connectivity index (χ2v) is 6.04. The van der Waals surface area contributed by atoms with E-state index in [1.807, 2.05) is 50.2 Å². The number of hydrogen-bond donors (Lipinski definition) is 2. The van der Waals surface area contributed by atoms with Gasteiger partial charge in [0.2, 0.25) is 5.91 Å². The number of fused-ring (bicyclic) bond motifs is 1. The van der Waals surface area contributed by atoms with Crippen molar-refractivity contribution in [1.82, 2.24) is 5.32 Å². The first-order valence-corrected chi connectivity index (χ1v) is 8.00. The Hall–Kier alpha value is -2.56. The van der Waals surface area contributed by atoms with Crippen molar-refractivity contribution in [3.63, 3.8) is 0 Å². The molecule has 0 aliphatic rings. The number of carboxylic acids is 1. The van der Waals surface area contributed by atoms with Crippen LogP contribution in [0.25, 0.3) is 10.8 Å². The lowest BCUT2D eigenvalue weighted by atomic mass is 9.96. The Morgan fingerprint density at radius 2 is 1.79 bits per heavy atom. The molecule has 0 bridgehead atoms. The number of carbonyl (C=O) groups excluding carboxylic acids is 1. The summed E-state index contributed by atoms with van der Waals surface area (Å²) in [4.78, 5) is 22.9. The molecule has 5 heteroatoms. The van der Waals surface area contributed by atoms with Gasteiger partial charge in [-0.2, -0.15) is 0 Å². The maximum Gasteiger partial charge on any atom is 0.303 e. The molecule has 0 spiro atoms. The third-order valence-electron chi connectivity index (χ3n) is 4.14. The average molecular weight is 329 g/mol. The van der Waals surface area contributed by atoms with Gasteiger partial charge in [0.25, 0.3) is 0 Å². The van der Waals surface area contributed by atoms with Gasteiger partial charge in [0.05, 0.1) is 13.0 Å². The van der Waals surface area contributed by atoms with E-state index in [9.17, 15) is 9.59 Å². The van der Waals surface area contributed by atoms with E-state index in [2.05, 4.69) is 5.32 Å². The molecule has 0 fully saturated rings. The zero-order chi connectivity index (χ0) is 17.7. The van der Waals surface area contributed by atoms with Crippen LogP contribution >= 0.6 is 0 Å². The van der Waals surface area contributed by atoms with Crippen molar-refractivity contribution in [2.45, 2.75) is 38.6 Å². The summed E-state index contributed by atoms with van der Waals surface area (Å²) in [5, 5.41) is 13.7. The molecule has 2 N–H and O–H groups in total. The molecule has 128 valence electrons. The molecule has 0 radical (unpaired) electrons. The lowest BCUT2D eigenvalue weighted by Gasteiger charge is -2.17. The number of amides is 1. The Kier molecular flexibility index (Phi) is 5.79. The number of rotatable bonds is 7. The highest BCUT2D eigenvalue weighted by Crippen LogP contribution is 2.25. The molecule has 1 amide bonds. The van der Waals surface area contributed by atoms with Crippen molar-refractivity contribution in [3.8, 4) is 5.75 Å². The summed E-state index contributed by atoms with van der Waals surface area (Å²) in [7, 11) is 1.63. The number of benzene rings is 2. The third kappa shape index (κ3) is 4.47. The van der Waals surface area contributed by atoms with E-state index in [-0.39, 0.29) is 24.3 Å². The van der Waals surface area contributed by atoms with Gasteiger partial charge in [0.15, 0.2) is 0 Å². The fourth-order valence-corrected chi connectivity index (χ4v) is 2.57. The van der Waals surface area contributed by atoms with E-state index in [0.717, 1.165) is 22.1 Å². The van der Waals surface area contributed by atoms with Crippen LogP contribution in [0.4, 0.5) is 0 Å². The molecule has 2 aromatic rings.